The fourth-order valence-corrected chi connectivity index (χ4v) is 7.52. The third-order valence-corrected chi connectivity index (χ3v) is 11.6. The predicted molar refractivity (Wildman–Crippen MR) is 182 cm³/mol. The highest BCUT2D eigenvalue weighted by Crippen LogP contribution is 2.70. The van der Waals surface area contributed by atoms with Crippen LogP contribution < -0.4 is 14.2 Å². The molecule has 4 aromatic carbocycles. The van der Waals surface area contributed by atoms with Crippen LogP contribution in [0.25, 0.3) is 11.1 Å². The van der Waals surface area contributed by atoms with Gasteiger partial charge >= 0.3 is 59.5 Å². The van der Waals surface area contributed by atoms with Crippen LogP contribution in [0.5, 0.6) is 17.2 Å². The van der Waals surface area contributed by atoms with Crippen molar-refractivity contribution < 1.29 is 98.0 Å². The van der Waals surface area contributed by atoms with Gasteiger partial charge in [-0.3, -0.25) is 0 Å². The van der Waals surface area contributed by atoms with Crippen LogP contribution >= 0.6 is 31.9 Å². The molecule has 0 radical (unpaired) electrons. The van der Waals surface area contributed by atoms with Crippen molar-refractivity contribution in [1.29, 1.82) is 0 Å². The molecule has 0 aromatic heterocycles. The van der Waals surface area contributed by atoms with Crippen LogP contribution in [-0.2, 0) is 10.2 Å². The van der Waals surface area contributed by atoms with E-state index in [1.165, 1.54) is 0 Å². The normalized spacial score (nSPS) is 27.7. The Morgan fingerprint density at radius 3 is 1.15 bits per heavy atom. The summed E-state index contributed by atoms with van der Waals surface area (Å²) < 4.78 is 281. The number of aryl methyl sites for hydroxylation is 1. The number of halogens is 20. The van der Waals surface area contributed by atoms with E-state index in [0.29, 0.717) is 15.6 Å². The number of rotatable bonds is 10. The minimum Gasteiger partial charge on any atom is -0.448 e. The second-order valence-corrected chi connectivity index (χ2v) is 15.3. The Bertz CT molecular complexity index is 2330. The lowest BCUT2D eigenvalue weighted by Crippen LogP contribution is -2.89. The zero-order chi connectivity index (χ0) is 46.0. The van der Waals surface area contributed by atoms with Crippen LogP contribution in [0.4, 0.5) is 79.0 Å². The van der Waals surface area contributed by atoms with Gasteiger partial charge in [-0.2, -0.15) is 79.0 Å². The summed E-state index contributed by atoms with van der Waals surface area (Å²) in [6.45, 7) is 1.75. The van der Waals surface area contributed by atoms with Gasteiger partial charge in [-0.15, -0.1) is 0 Å². The summed E-state index contributed by atoms with van der Waals surface area (Å²) >= 11 is 6.19. The van der Waals surface area contributed by atoms with E-state index in [4.69, 9.17) is 0 Å². The van der Waals surface area contributed by atoms with Crippen molar-refractivity contribution in [3.63, 3.8) is 0 Å². The summed E-state index contributed by atoms with van der Waals surface area (Å²) in [6, 6.07) is 7.07. The Kier molecular flexibility index (Phi) is 10.6. The summed E-state index contributed by atoms with van der Waals surface area (Å²) in [5.74, 6) is -49.6. The first kappa shape index (κ1) is 46.4. The monoisotopic (exact) mass is 1030 g/mol. The minimum atomic E-state index is -6.49. The topological polar surface area (TPSA) is 36.9 Å². The fourth-order valence-electron chi connectivity index (χ4n) is 6.68. The summed E-state index contributed by atoms with van der Waals surface area (Å²) in [5.41, 5.74) is -7.42. The minimum absolute atomic E-state index is 0.0223. The molecule has 6 rings (SSSR count). The zero-order valence-corrected chi connectivity index (χ0v) is 32.9. The molecule has 332 valence electrons. The highest BCUT2D eigenvalue weighted by Gasteiger charge is 3.04. The smallest absolute Gasteiger partial charge is 0.411 e. The fraction of sp³-hybridized carbons (Fsp3) is 0.351. The van der Waals surface area contributed by atoms with Crippen LogP contribution in [0.3, 0.4) is 0 Å². The molecule has 24 heteroatoms. The largest absolute Gasteiger partial charge is 0.448 e. The quantitative estimate of drug-likeness (QED) is 0.148. The van der Waals surface area contributed by atoms with E-state index in [2.05, 4.69) is 50.8 Å². The van der Waals surface area contributed by atoms with Crippen molar-refractivity contribution in [2.24, 2.45) is 0 Å². The van der Waals surface area contributed by atoms with Crippen LogP contribution in [0, 0.1) is 6.92 Å². The summed E-state index contributed by atoms with van der Waals surface area (Å²) in [7, 11) is 0.0223. The van der Waals surface area contributed by atoms with Gasteiger partial charge in [0.25, 0.3) is 0 Å². The maximum Gasteiger partial charge on any atom is 0.411 e. The number of benzene rings is 4. The molecular weight excluding hydrogens is 1010 g/mol. The van der Waals surface area contributed by atoms with Gasteiger partial charge in [0.05, 0.1) is 4.47 Å². The molecule has 4 atom stereocenters. The van der Waals surface area contributed by atoms with Crippen molar-refractivity contribution >= 4 is 31.9 Å². The Morgan fingerprint density at radius 2 is 0.787 bits per heavy atom. The van der Waals surface area contributed by atoms with Gasteiger partial charge in [-0.05, 0) is 93.1 Å². The van der Waals surface area contributed by atoms with Crippen molar-refractivity contribution in [3.8, 4) is 28.4 Å². The second kappa shape index (κ2) is 14.0. The molecule has 0 saturated heterocycles. The summed E-state index contributed by atoms with van der Waals surface area (Å²) in [4.78, 5) is 0. The molecule has 0 N–H and O–H groups in total. The molecule has 61 heavy (non-hydrogen) atoms. The average Bonchev–Trinajstić information content (AvgIpc) is 3.15. The van der Waals surface area contributed by atoms with Gasteiger partial charge in [0.1, 0.15) is 17.2 Å². The zero-order valence-electron chi connectivity index (χ0n) is 29.8. The van der Waals surface area contributed by atoms with Gasteiger partial charge in [0, 0.05) is 11.6 Å². The Morgan fingerprint density at radius 1 is 0.443 bits per heavy atom. The molecule has 2 aliphatic rings. The molecule has 4 aromatic rings. The van der Waals surface area contributed by atoms with Gasteiger partial charge in [0.15, 0.2) is 0 Å². The molecule has 2 fully saturated rings. The lowest BCUT2D eigenvalue weighted by molar-refractivity contribution is -0.538. The number of hydrogen-bond donors (Lipinski definition) is 0. The lowest BCUT2D eigenvalue weighted by atomic mass is 9.72. The molecule has 0 aliphatic heterocycles. The number of methoxy groups -OCH3 is 1. The number of alkyl halides is 18. The van der Waals surface area contributed by atoms with Gasteiger partial charge < -0.3 is 18.9 Å². The predicted octanol–water partition coefficient (Wildman–Crippen LogP) is 13.3. The Hall–Kier alpha value is -4.06. The maximum atomic E-state index is 16.0. The van der Waals surface area contributed by atoms with Crippen molar-refractivity contribution in [2.75, 3.05) is 7.11 Å². The molecular formula is C37H20Br2F18O4. The molecule has 0 amide bonds. The van der Waals surface area contributed by atoms with Gasteiger partial charge in [0.2, 0.25) is 5.41 Å². The lowest BCUT2D eigenvalue weighted by Gasteiger charge is -2.55. The van der Waals surface area contributed by atoms with E-state index in [1.807, 2.05) is 0 Å². The van der Waals surface area contributed by atoms with Crippen LogP contribution in [0.2, 0.25) is 0 Å². The van der Waals surface area contributed by atoms with Crippen molar-refractivity contribution in [3.05, 3.63) is 111 Å². The molecule has 0 spiro atoms. The highest BCUT2D eigenvalue weighted by atomic mass is 79.9. The highest BCUT2D eigenvalue weighted by molar-refractivity contribution is 9.10. The first-order valence-corrected chi connectivity index (χ1v) is 18.1. The standard InChI is InChI=1S/C37H20Br2F18O4/c1-17-3-4-18(15-24(17)38)19-5-14-26(25(39)16-19)61-35(51)31(46,47)30(44,45)34(35,50)60-23-12-8-21(9-13-23)27(36(52,53)54,37(55,56)57)20-6-10-22(11-7-20)59-33(49)29(42,43)28(40,41)32(33,48)58-2/h3-16H,1-2H3. The SMILES string of the molecule is COC1(F)C(F)(F)C(F)(F)C1(F)Oc1ccc(C(c2ccc(OC3(F)C(F)(F)C(F)(F)C3(F)Oc3ccc(-c4ccc(C)c(Br)c4)cc3Br)cc2)(C(F)(F)F)C(F)(F)F)cc1. The third-order valence-electron chi connectivity index (χ3n) is 10.1. The van der Waals surface area contributed by atoms with E-state index in [9.17, 15) is 70.2 Å². The van der Waals surface area contributed by atoms with Crippen LogP contribution in [0.15, 0.2) is 93.9 Å². The molecule has 4 unspecified atom stereocenters. The van der Waals surface area contributed by atoms with Gasteiger partial charge in [-0.1, -0.05) is 58.4 Å². The molecule has 0 heterocycles. The van der Waals surface area contributed by atoms with E-state index >= 15 is 8.78 Å². The maximum absolute atomic E-state index is 16.0. The first-order chi connectivity index (χ1) is 27.7. The van der Waals surface area contributed by atoms with E-state index in [1.54, 1.807) is 25.1 Å². The molecule has 2 saturated carbocycles. The van der Waals surface area contributed by atoms with E-state index < -0.39 is 93.3 Å². The summed E-state index contributed by atoms with van der Waals surface area (Å²) in [6.07, 6.45) is -13.0. The van der Waals surface area contributed by atoms with Gasteiger partial charge in [-0.25, -0.2) is 0 Å². The molecule has 0 bridgehead atoms. The number of hydrogen-bond acceptors (Lipinski definition) is 4. The first-order valence-electron chi connectivity index (χ1n) is 16.5. The number of ether oxygens (including phenoxy) is 4. The summed E-state index contributed by atoms with van der Waals surface area (Å²) in [5, 5.41) is 0. The van der Waals surface area contributed by atoms with Crippen molar-refractivity contribution in [1.82, 2.24) is 0 Å². The van der Waals surface area contributed by atoms with Crippen molar-refractivity contribution in [2.45, 2.75) is 71.8 Å². The van der Waals surface area contributed by atoms with Crippen LogP contribution in [-0.4, -0.2) is 66.6 Å². The van der Waals surface area contributed by atoms with E-state index in [-0.39, 0.29) is 60.1 Å². The molecule has 4 nitrogen and oxygen atoms in total. The molecule has 2 aliphatic carbocycles. The Balaban J connectivity index is 1.33. The van der Waals surface area contributed by atoms with E-state index in [0.717, 1.165) is 23.8 Å². The average molecular weight is 1030 g/mol. The third kappa shape index (κ3) is 5.91. The second-order valence-electron chi connectivity index (χ2n) is 13.6. The Labute approximate surface area is 347 Å². The van der Waals surface area contributed by atoms with Crippen LogP contribution in [0.1, 0.15) is 16.7 Å².